The predicted molar refractivity (Wildman–Crippen MR) is 84.9 cm³/mol. The number of hydrogen-bond acceptors (Lipinski definition) is 2. The van der Waals surface area contributed by atoms with E-state index in [1.165, 1.54) is 5.56 Å². The maximum Gasteiger partial charge on any atom is 0.0669 e. The Bertz CT molecular complexity index is 601. The van der Waals surface area contributed by atoms with E-state index in [1.807, 2.05) is 30.3 Å². The van der Waals surface area contributed by atoms with Gasteiger partial charge in [0, 0.05) is 21.2 Å². The molecule has 0 bridgehead atoms. The van der Waals surface area contributed by atoms with Gasteiger partial charge in [-0.25, -0.2) is 0 Å². The normalized spacial score (nSPS) is 9.95. The SMILES string of the molecule is N#CCc1ccc(NCc2ccc(Br)c(Br)c2)cc1. The largest absolute Gasteiger partial charge is 0.381 e. The van der Waals surface area contributed by atoms with Gasteiger partial charge in [0.05, 0.1) is 12.5 Å². The molecule has 0 fully saturated rings. The minimum absolute atomic E-state index is 0.458. The number of rotatable bonds is 4. The first-order valence-corrected chi connectivity index (χ1v) is 7.41. The molecule has 0 saturated heterocycles. The lowest BCUT2D eigenvalue weighted by molar-refractivity contribution is 1.14. The highest BCUT2D eigenvalue weighted by molar-refractivity contribution is 9.13. The first-order chi connectivity index (χ1) is 9.19. The van der Waals surface area contributed by atoms with E-state index in [9.17, 15) is 0 Å². The Hall–Kier alpha value is -1.31. The number of nitrogens with one attached hydrogen (secondary N) is 1. The molecular weight excluding hydrogens is 368 g/mol. The molecule has 0 aliphatic carbocycles. The van der Waals surface area contributed by atoms with E-state index in [1.54, 1.807) is 0 Å². The Labute approximate surface area is 129 Å². The fraction of sp³-hybridized carbons (Fsp3) is 0.133. The zero-order valence-electron chi connectivity index (χ0n) is 10.2. The van der Waals surface area contributed by atoms with E-state index in [4.69, 9.17) is 5.26 Å². The molecule has 0 amide bonds. The molecule has 2 rings (SSSR count). The summed E-state index contributed by atoms with van der Waals surface area (Å²) in [6.45, 7) is 0.767. The van der Waals surface area contributed by atoms with E-state index in [2.05, 4.69) is 55.4 Å². The van der Waals surface area contributed by atoms with E-state index in [0.29, 0.717) is 6.42 Å². The van der Waals surface area contributed by atoms with E-state index in [0.717, 1.165) is 26.7 Å². The zero-order valence-corrected chi connectivity index (χ0v) is 13.3. The zero-order chi connectivity index (χ0) is 13.7. The van der Waals surface area contributed by atoms with Crippen molar-refractivity contribution in [2.75, 3.05) is 5.32 Å². The maximum absolute atomic E-state index is 8.62. The molecular formula is C15H12Br2N2. The van der Waals surface area contributed by atoms with Crippen LogP contribution in [0.3, 0.4) is 0 Å². The summed E-state index contributed by atoms with van der Waals surface area (Å²) in [4.78, 5) is 0. The van der Waals surface area contributed by atoms with E-state index in [-0.39, 0.29) is 0 Å². The summed E-state index contributed by atoms with van der Waals surface area (Å²) in [5.74, 6) is 0. The van der Waals surface area contributed by atoms with Crippen LogP contribution in [0.4, 0.5) is 5.69 Å². The highest BCUT2D eigenvalue weighted by Crippen LogP contribution is 2.24. The van der Waals surface area contributed by atoms with Gasteiger partial charge in [-0.1, -0.05) is 18.2 Å². The second-order valence-electron chi connectivity index (χ2n) is 4.13. The van der Waals surface area contributed by atoms with Crippen LogP contribution < -0.4 is 5.32 Å². The standard InChI is InChI=1S/C15H12Br2N2/c16-14-6-3-12(9-15(14)17)10-19-13-4-1-11(2-5-13)7-8-18/h1-6,9,19H,7,10H2. The van der Waals surface area contributed by atoms with Crippen molar-refractivity contribution in [3.8, 4) is 6.07 Å². The van der Waals surface area contributed by atoms with Crippen molar-refractivity contribution in [2.45, 2.75) is 13.0 Å². The lowest BCUT2D eigenvalue weighted by Crippen LogP contribution is -1.99. The van der Waals surface area contributed by atoms with Crippen molar-refractivity contribution in [1.29, 1.82) is 5.26 Å². The molecule has 2 aromatic rings. The minimum Gasteiger partial charge on any atom is -0.381 e. The first kappa shape index (κ1) is 14.1. The third-order valence-electron chi connectivity index (χ3n) is 2.72. The molecule has 4 heteroatoms. The van der Waals surface area contributed by atoms with Crippen LogP contribution in [0.25, 0.3) is 0 Å². The van der Waals surface area contributed by atoms with Crippen LogP contribution in [-0.2, 0) is 13.0 Å². The number of hydrogen-bond donors (Lipinski definition) is 1. The number of anilines is 1. The van der Waals surface area contributed by atoms with Crippen molar-refractivity contribution < 1.29 is 0 Å². The minimum atomic E-state index is 0.458. The fourth-order valence-corrected chi connectivity index (χ4v) is 2.36. The van der Waals surface area contributed by atoms with Crippen molar-refractivity contribution in [3.05, 3.63) is 62.5 Å². The Kier molecular flexibility index (Phi) is 5.00. The average molecular weight is 380 g/mol. The Morgan fingerprint density at radius 2 is 1.63 bits per heavy atom. The second-order valence-corrected chi connectivity index (χ2v) is 5.84. The summed E-state index contributed by atoms with van der Waals surface area (Å²) < 4.78 is 2.10. The molecule has 2 aromatic carbocycles. The average Bonchev–Trinajstić information content (AvgIpc) is 2.42. The van der Waals surface area contributed by atoms with E-state index >= 15 is 0 Å². The van der Waals surface area contributed by atoms with Gasteiger partial charge in [-0.3, -0.25) is 0 Å². The molecule has 0 spiro atoms. The fourth-order valence-electron chi connectivity index (χ4n) is 1.69. The Morgan fingerprint density at radius 1 is 0.947 bits per heavy atom. The Morgan fingerprint density at radius 3 is 2.26 bits per heavy atom. The summed E-state index contributed by atoms with van der Waals surface area (Å²) in [5, 5.41) is 12.0. The molecule has 0 atom stereocenters. The summed E-state index contributed by atoms with van der Waals surface area (Å²) >= 11 is 6.95. The first-order valence-electron chi connectivity index (χ1n) is 5.83. The van der Waals surface area contributed by atoms with Crippen LogP contribution in [0.15, 0.2) is 51.4 Å². The van der Waals surface area contributed by atoms with Crippen LogP contribution >= 0.6 is 31.9 Å². The van der Waals surface area contributed by atoms with Crippen molar-refractivity contribution >= 4 is 37.5 Å². The predicted octanol–water partition coefficient (Wildman–Crippen LogP) is 4.89. The van der Waals surface area contributed by atoms with Gasteiger partial charge in [-0.15, -0.1) is 0 Å². The molecule has 19 heavy (non-hydrogen) atoms. The van der Waals surface area contributed by atoms with Crippen molar-refractivity contribution in [2.24, 2.45) is 0 Å². The van der Waals surface area contributed by atoms with Gasteiger partial charge < -0.3 is 5.32 Å². The van der Waals surface area contributed by atoms with Crippen LogP contribution in [0.2, 0.25) is 0 Å². The lowest BCUT2D eigenvalue weighted by Gasteiger charge is -2.08. The molecule has 0 saturated carbocycles. The smallest absolute Gasteiger partial charge is 0.0669 e. The van der Waals surface area contributed by atoms with Crippen molar-refractivity contribution in [1.82, 2.24) is 0 Å². The quantitative estimate of drug-likeness (QED) is 0.820. The van der Waals surface area contributed by atoms with Crippen LogP contribution in [0.5, 0.6) is 0 Å². The van der Waals surface area contributed by atoms with E-state index < -0.39 is 0 Å². The third-order valence-corrected chi connectivity index (χ3v) is 4.60. The van der Waals surface area contributed by atoms with Crippen LogP contribution in [0.1, 0.15) is 11.1 Å². The third kappa shape index (κ3) is 4.09. The van der Waals surface area contributed by atoms with Gasteiger partial charge in [-0.05, 0) is 67.3 Å². The molecule has 0 radical (unpaired) electrons. The summed E-state index contributed by atoms with van der Waals surface area (Å²) in [6, 6.07) is 16.3. The molecule has 0 aliphatic heterocycles. The lowest BCUT2D eigenvalue weighted by atomic mass is 10.1. The summed E-state index contributed by atoms with van der Waals surface area (Å²) in [6.07, 6.45) is 0.458. The molecule has 1 N–H and O–H groups in total. The van der Waals surface area contributed by atoms with Crippen LogP contribution in [0, 0.1) is 11.3 Å². The molecule has 2 nitrogen and oxygen atoms in total. The van der Waals surface area contributed by atoms with Gasteiger partial charge in [-0.2, -0.15) is 5.26 Å². The highest BCUT2D eigenvalue weighted by Gasteiger charge is 1.99. The number of benzene rings is 2. The van der Waals surface area contributed by atoms with Gasteiger partial charge in [0.2, 0.25) is 0 Å². The number of nitriles is 1. The summed E-state index contributed by atoms with van der Waals surface area (Å²) in [5.41, 5.74) is 3.30. The highest BCUT2D eigenvalue weighted by atomic mass is 79.9. The molecule has 96 valence electrons. The van der Waals surface area contributed by atoms with Crippen LogP contribution in [-0.4, -0.2) is 0 Å². The molecule has 0 unspecified atom stereocenters. The summed E-state index contributed by atoms with van der Waals surface area (Å²) in [7, 11) is 0. The molecule has 0 heterocycles. The number of halogens is 2. The van der Waals surface area contributed by atoms with Crippen molar-refractivity contribution in [3.63, 3.8) is 0 Å². The number of nitrogens with zero attached hydrogens (tertiary/aromatic N) is 1. The van der Waals surface area contributed by atoms with Gasteiger partial charge >= 0.3 is 0 Å². The van der Waals surface area contributed by atoms with Gasteiger partial charge in [0.1, 0.15) is 0 Å². The monoisotopic (exact) mass is 378 g/mol. The maximum atomic E-state index is 8.62. The Balaban J connectivity index is 1.98. The topological polar surface area (TPSA) is 35.8 Å². The second kappa shape index (κ2) is 6.74. The van der Waals surface area contributed by atoms with Gasteiger partial charge in [0.15, 0.2) is 0 Å². The molecule has 0 aromatic heterocycles. The van der Waals surface area contributed by atoms with Gasteiger partial charge in [0.25, 0.3) is 0 Å². The molecule has 0 aliphatic rings.